The van der Waals surface area contributed by atoms with E-state index in [1.165, 1.54) is 22.8 Å². The average molecular weight is 261 g/mol. The lowest BCUT2D eigenvalue weighted by Crippen LogP contribution is -2.26. The summed E-state index contributed by atoms with van der Waals surface area (Å²) < 4.78 is 0. The maximum atomic E-state index is 11.3. The molecular weight excluding hydrogens is 238 g/mol. The Kier molecular flexibility index (Phi) is 6.30. The van der Waals surface area contributed by atoms with Crippen molar-refractivity contribution >= 4 is 5.97 Å². The molecule has 0 amide bonds. The minimum atomic E-state index is -0.411. The lowest BCUT2D eigenvalue weighted by Gasteiger charge is -2.21. The van der Waals surface area contributed by atoms with Crippen LogP contribution in [0.3, 0.4) is 0 Å². The summed E-state index contributed by atoms with van der Waals surface area (Å²) >= 11 is 0. The van der Waals surface area contributed by atoms with E-state index in [0.717, 1.165) is 12.8 Å². The number of aryl methyl sites for hydroxylation is 1. The summed E-state index contributed by atoms with van der Waals surface area (Å²) in [4.78, 5) is 16.5. The van der Waals surface area contributed by atoms with E-state index in [-0.39, 0.29) is 0 Å². The predicted octanol–water partition coefficient (Wildman–Crippen LogP) is 3.28. The Bertz CT molecular complexity index is 440. The maximum absolute atomic E-state index is 11.3. The molecule has 0 saturated heterocycles. The van der Waals surface area contributed by atoms with Gasteiger partial charge in [-0.25, -0.2) is 4.79 Å². The highest BCUT2D eigenvalue weighted by molar-refractivity contribution is 5.80. The first kappa shape index (κ1) is 15.4. The molecule has 19 heavy (non-hydrogen) atoms. The van der Waals surface area contributed by atoms with Gasteiger partial charge in [0, 0.05) is 12.6 Å². The molecule has 0 spiro atoms. The molecule has 0 unspecified atom stereocenters. The van der Waals surface area contributed by atoms with Crippen LogP contribution in [0.2, 0.25) is 0 Å². The van der Waals surface area contributed by atoms with Crippen molar-refractivity contribution in [2.24, 2.45) is 0 Å². The number of benzene rings is 1. The molecular formula is C16H23NO2. The number of hydroxylamine groups is 2. The fourth-order valence-electron chi connectivity index (χ4n) is 2.18. The van der Waals surface area contributed by atoms with E-state index >= 15 is 0 Å². The fourth-order valence-corrected chi connectivity index (χ4v) is 2.18. The van der Waals surface area contributed by atoms with Gasteiger partial charge in [-0.2, -0.15) is 0 Å². The normalized spacial score (nSPS) is 10.5. The Hall–Kier alpha value is -1.61. The molecule has 3 heteroatoms. The van der Waals surface area contributed by atoms with Crippen LogP contribution in [-0.2, 0) is 29.0 Å². The lowest BCUT2D eigenvalue weighted by molar-refractivity contribution is -0.186. The third-order valence-electron chi connectivity index (χ3n) is 3.19. The first-order valence-corrected chi connectivity index (χ1v) is 6.85. The van der Waals surface area contributed by atoms with Crippen LogP contribution < -0.4 is 0 Å². The molecule has 0 aromatic heterocycles. The van der Waals surface area contributed by atoms with Crippen LogP contribution in [0.25, 0.3) is 0 Å². The Labute approximate surface area is 115 Å². The molecule has 0 saturated carbocycles. The van der Waals surface area contributed by atoms with Crippen molar-refractivity contribution in [1.29, 1.82) is 0 Å². The summed E-state index contributed by atoms with van der Waals surface area (Å²) in [6.45, 7) is 11.0. The van der Waals surface area contributed by atoms with Crippen molar-refractivity contribution in [3.63, 3.8) is 0 Å². The summed E-state index contributed by atoms with van der Waals surface area (Å²) in [7, 11) is 0. The molecule has 104 valence electrons. The van der Waals surface area contributed by atoms with Crippen molar-refractivity contribution in [3.05, 3.63) is 47.5 Å². The molecule has 0 atom stereocenters. The molecule has 1 aromatic rings. The van der Waals surface area contributed by atoms with E-state index in [1.54, 1.807) is 5.06 Å². The highest BCUT2D eigenvalue weighted by Crippen LogP contribution is 2.18. The number of carbonyl (C=O) groups is 1. The molecule has 0 radical (unpaired) electrons. The van der Waals surface area contributed by atoms with Crippen LogP contribution in [0, 0.1) is 0 Å². The second-order valence-corrected chi connectivity index (χ2v) is 4.33. The van der Waals surface area contributed by atoms with Gasteiger partial charge < -0.3 is 4.84 Å². The van der Waals surface area contributed by atoms with Crippen LogP contribution in [0.4, 0.5) is 0 Å². The molecule has 3 nitrogen and oxygen atoms in total. The largest absolute Gasteiger partial charge is 0.364 e. The van der Waals surface area contributed by atoms with Crippen molar-refractivity contribution in [2.75, 3.05) is 6.54 Å². The second-order valence-electron chi connectivity index (χ2n) is 4.33. The van der Waals surface area contributed by atoms with Crippen molar-refractivity contribution in [1.82, 2.24) is 5.06 Å². The quantitative estimate of drug-likeness (QED) is 0.557. The molecule has 0 aliphatic carbocycles. The Morgan fingerprint density at radius 3 is 2.47 bits per heavy atom. The molecule has 0 bridgehead atoms. The third-order valence-corrected chi connectivity index (χ3v) is 3.19. The van der Waals surface area contributed by atoms with Crippen molar-refractivity contribution in [3.8, 4) is 0 Å². The number of hydrogen-bond acceptors (Lipinski definition) is 3. The van der Waals surface area contributed by atoms with Gasteiger partial charge in [-0.15, -0.1) is 5.06 Å². The van der Waals surface area contributed by atoms with Crippen molar-refractivity contribution in [2.45, 2.75) is 40.2 Å². The molecule has 0 aliphatic heterocycles. The van der Waals surface area contributed by atoms with Gasteiger partial charge in [-0.1, -0.05) is 38.6 Å². The van der Waals surface area contributed by atoms with Crippen LogP contribution in [0.5, 0.6) is 0 Å². The van der Waals surface area contributed by atoms with E-state index in [1.807, 2.05) is 6.92 Å². The molecule has 0 fully saturated rings. The van der Waals surface area contributed by atoms with Gasteiger partial charge in [0.15, 0.2) is 0 Å². The zero-order chi connectivity index (χ0) is 14.3. The van der Waals surface area contributed by atoms with Crippen LogP contribution in [0.1, 0.15) is 37.5 Å². The first-order chi connectivity index (χ1) is 9.15. The van der Waals surface area contributed by atoms with Gasteiger partial charge >= 0.3 is 5.97 Å². The number of rotatable bonds is 7. The zero-order valence-electron chi connectivity index (χ0n) is 12.1. The lowest BCUT2D eigenvalue weighted by atomic mass is 9.97. The van der Waals surface area contributed by atoms with E-state index in [0.29, 0.717) is 13.1 Å². The number of carbonyl (C=O) groups excluding carboxylic acids is 1. The summed E-state index contributed by atoms with van der Waals surface area (Å²) in [6, 6.07) is 6.33. The van der Waals surface area contributed by atoms with Crippen LogP contribution >= 0.6 is 0 Å². The minimum Gasteiger partial charge on any atom is -0.364 e. The summed E-state index contributed by atoms with van der Waals surface area (Å²) in [5, 5.41) is 1.66. The molecule has 1 rings (SSSR count). The third kappa shape index (κ3) is 4.21. The minimum absolute atomic E-state index is 0.411. The topological polar surface area (TPSA) is 29.5 Å². The van der Waals surface area contributed by atoms with Crippen molar-refractivity contribution < 1.29 is 9.63 Å². The summed E-state index contributed by atoms with van der Waals surface area (Å²) in [5.41, 5.74) is 3.95. The Morgan fingerprint density at radius 2 is 1.95 bits per heavy atom. The Morgan fingerprint density at radius 1 is 1.26 bits per heavy atom. The number of hydrogen-bond donors (Lipinski definition) is 0. The van der Waals surface area contributed by atoms with E-state index in [9.17, 15) is 4.79 Å². The molecule has 0 heterocycles. The van der Waals surface area contributed by atoms with Gasteiger partial charge in [0.05, 0.1) is 6.54 Å². The second kappa shape index (κ2) is 7.74. The molecule has 0 N–H and O–H groups in total. The van der Waals surface area contributed by atoms with Gasteiger partial charge in [0.25, 0.3) is 0 Å². The molecule has 1 aromatic carbocycles. The SMILES string of the molecule is C=CC(=O)ON(CC)Cc1cccc(CC)c1CC. The van der Waals surface area contributed by atoms with Gasteiger partial charge in [-0.3, -0.25) is 0 Å². The maximum Gasteiger partial charge on any atom is 0.349 e. The highest BCUT2D eigenvalue weighted by Gasteiger charge is 2.12. The summed E-state index contributed by atoms with van der Waals surface area (Å²) in [5.74, 6) is -0.411. The zero-order valence-corrected chi connectivity index (χ0v) is 12.1. The van der Waals surface area contributed by atoms with Gasteiger partial charge in [-0.05, 0) is 36.5 Å². The van der Waals surface area contributed by atoms with E-state index < -0.39 is 5.97 Å². The number of nitrogens with zero attached hydrogens (tertiary/aromatic N) is 1. The average Bonchev–Trinajstić information content (AvgIpc) is 2.45. The summed E-state index contributed by atoms with van der Waals surface area (Å²) in [6.07, 6.45) is 3.20. The van der Waals surface area contributed by atoms with Gasteiger partial charge in [0.2, 0.25) is 0 Å². The first-order valence-electron chi connectivity index (χ1n) is 6.85. The van der Waals surface area contributed by atoms with Crippen LogP contribution in [-0.4, -0.2) is 17.6 Å². The standard InChI is InChI=1S/C16H23NO2/c1-5-13-10-9-11-14(15(13)6-2)12-17(8-4)19-16(18)7-3/h7,9-11H,3,5-6,8,12H2,1-2,4H3. The van der Waals surface area contributed by atoms with E-state index in [2.05, 4.69) is 38.6 Å². The monoisotopic (exact) mass is 261 g/mol. The van der Waals surface area contributed by atoms with E-state index in [4.69, 9.17) is 4.84 Å². The smallest absolute Gasteiger partial charge is 0.349 e. The van der Waals surface area contributed by atoms with Gasteiger partial charge in [0.1, 0.15) is 0 Å². The Balaban J connectivity index is 2.90. The highest BCUT2D eigenvalue weighted by atomic mass is 16.7. The predicted molar refractivity (Wildman–Crippen MR) is 77.6 cm³/mol. The molecule has 0 aliphatic rings. The van der Waals surface area contributed by atoms with Crippen LogP contribution in [0.15, 0.2) is 30.9 Å². The fraction of sp³-hybridized carbons (Fsp3) is 0.438.